The third-order valence-corrected chi connectivity index (χ3v) is 4.69. The van der Waals surface area contributed by atoms with Gasteiger partial charge in [-0.1, -0.05) is 11.6 Å². The lowest BCUT2D eigenvalue weighted by atomic mass is 10.3. The first-order valence-electron chi connectivity index (χ1n) is 6.48. The number of rotatable bonds is 7. The van der Waals surface area contributed by atoms with E-state index in [-0.39, 0.29) is 28.1 Å². The maximum Gasteiger partial charge on any atom is 0.247 e. The van der Waals surface area contributed by atoms with Gasteiger partial charge in [-0.3, -0.25) is 4.79 Å². The van der Waals surface area contributed by atoms with E-state index in [1.807, 2.05) is 0 Å². The number of carbonyl (C=O) groups is 1. The Bertz CT molecular complexity index is 604. The molecule has 0 saturated heterocycles. The van der Waals surface area contributed by atoms with E-state index in [9.17, 15) is 13.2 Å². The molecule has 0 aliphatic carbocycles. The van der Waals surface area contributed by atoms with Crippen LogP contribution in [-0.4, -0.2) is 45.4 Å². The summed E-state index contributed by atoms with van der Waals surface area (Å²) in [6.07, 6.45) is 0. The Labute approximate surface area is 130 Å². The Hall–Kier alpha value is -1.31. The molecule has 0 aliphatic heterocycles. The average Bonchev–Trinajstić information content (AvgIpc) is 2.41. The normalized spacial score (nSPS) is 11.5. The molecule has 1 N–H and O–H groups in total. The molecule has 0 spiro atoms. The quantitative estimate of drug-likeness (QED) is 0.819. The van der Waals surface area contributed by atoms with Crippen LogP contribution in [0.1, 0.15) is 13.8 Å². The van der Waals surface area contributed by atoms with Crippen LogP contribution in [0.25, 0.3) is 0 Å². The van der Waals surface area contributed by atoms with Crippen molar-refractivity contribution in [1.82, 2.24) is 9.62 Å². The number of hydrogen-bond acceptors (Lipinski definition) is 4. The molecule has 21 heavy (non-hydrogen) atoms. The van der Waals surface area contributed by atoms with Crippen molar-refractivity contribution in [1.29, 1.82) is 0 Å². The van der Waals surface area contributed by atoms with Gasteiger partial charge in [0.1, 0.15) is 10.6 Å². The lowest BCUT2D eigenvalue weighted by Crippen LogP contribution is -2.38. The molecule has 0 bridgehead atoms. The first-order chi connectivity index (χ1) is 9.82. The predicted octanol–water partition coefficient (Wildman–Crippen LogP) is 1.50. The second-order valence-corrected chi connectivity index (χ2v) is 6.69. The Morgan fingerprint density at radius 2 is 2.05 bits per heavy atom. The first-order valence-corrected chi connectivity index (χ1v) is 8.30. The van der Waals surface area contributed by atoms with Crippen LogP contribution in [0.2, 0.25) is 5.02 Å². The van der Waals surface area contributed by atoms with Gasteiger partial charge in [0, 0.05) is 18.6 Å². The molecular formula is C13H19ClN2O4S. The van der Waals surface area contributed by atoms with E-state index in [4.69, 9.17) is 16.3 Å². The van der Waals surface area contributed by atoms with Crippen LogP contribution in [0.15, 0.2) is 23.1 Å². The van der Waals surface area contributed by atoms with Crippen molar-refractivity contribution >= 4 is 27.5 Å². The zero-order valence-electron chi connectivity index (χ0n) is 12.2. The number of nitrogens with one attached hydrogen (secondary N) is 1. The summed E-state index contributed by atoms with van der Waals surface area (Å²) >= 11 is 5.87. The van der Waals surface area contributed by atoms with Gasteiger partial charge in [-0.2, -0.15) is 4.31 Å². The lowest BCUT2D eigenvalue weighted by Gasteiger charge is -2.19. The Balaban J connectivity index is 3.11. The fourth-order valence-corrected chi connectivity index (χ4v) is 3.18. The van der Waals surface area contributed by atoms with Crippen LogP contribution in [0, 0.1) is 0 Å². The largest absolute Gasteiger partial charge is 0.492 e. The van der Waals surface area contributed by atoms with Gasteiger partial charge >= 0.3 is 0 Å². The molecule has 8 heteroatoms. The van der Waals surface area contributed by atoms with Crippen LogP contribution < -0.4 is 10.1 Å². The third-order valence-electron chi connectivity index (χ3n) is 2.63. The van der Waals surface area contributed by atoms with Gasteiger partial charge in [0.15, 0.2) is 0 Å². The fourth-order valence-electron chi connectivity index (χ4n) is 1.67. The fraction of sp³-hybridized carbons (Fsp3) is 0.462. The third kappa shape index (κ3) is 4.59. The molecule has 1 aromatic rings. The minimum absolute atomic E-state index is 0.0522. The Morgan fingerprint density at radius 3 is 2.62 bits per heavy atom. The van der Waals surface area contributed by atoms with E-state index >= 15 is 0 Å². The van der Waals surface area contributed by atoms with Crippen molar-refractivity contribution in [3.05, 3.63) is 23.2 Å². The highest BCUT2D eigenvalue weighted by Gasteiger charge is 2.26. The number of benzene rings is 1. The SMILES string of the molecule is CCNC(=O)CN(C)S(=O)(=O)c1cc(Cl)ccc1OCC. The molecule has 118 valence electrons. The number of likely N-dealkylation sites (N-methyl/N-ethyl adjacent to an activating group) is 2. The Kier molecular flexibility index (Phi) is 6.44. The van der Waals surface area contributed by atoms with E-state index in [1.54, 1.807) is 19.9 Å². The number of hydrogen-bond donors (Lipinski definition) is 1. The number of nitrogens with zero attached hydrogens (tertiary/aromatic N) is 1. The highest BCUT2D eigenvalue weighted by atomic mass is 35.5. The molecule has 0 radical (unpaired) electrons. The van der Waals surface area contributed by atoms with Crippen LogP contribution in [-0.2, 0) is 14.8 Å². The summed E-state index contributed by atoms with van der Waals surface area (Å²) in [6.45, 7) is 4.01. The first kappa shape index (κ1) is 17.7. The highest BCUT2D eigenvalue weighted by Crippen LogP contribution is 2.29. The number of halogens is 1. The zero-order chi connectivity index (χ0) is 16.0. The summed E-state index contributed by atoms with van der Waals surface area (Å²) in [5, 5.41) is 2.83. The van der Waals surface area contributed by atoms with E-state index in [0.717, 1.165) is 4.31 Å². The van der Waals surface area contributed by atoms with Crippen LogP contribution in [0.5, 0.6) is 5.75 Å². The van der Waals surface area contributed by atoms with Crippen LogP contribution >= 0.6 is 11.6 Å². The smallest absolute Gasteiger partial charge is 0.247 e. The molecule has 0 fully saturated rings. The van der Waals surface area contributed by atoms with Crippen molar-refractivity contribution in [3.63, 3.8) is 0 Å². The number of sulfonamides is 1. The van der Waals surface area contributed by atoms with Crippen molar-refractivity contribution in [3.8, 4) is 5.75 Å². The second-order valence-electron chi connectivity index (χ2n) is 4.24. The molecule has 0 atom stereocenters. The molecule has 1 rings (SSSR count). The van der Waals surface area contributed by atoms with E-state index in [0.29, 0.717) is 13.2 Å². The summed E-state index contributed by atoms with van der Waals surface area (Å²) in [5.41, 5.74) is 0. The Morgan fingerprint density at radius 1 is 1.38 bits per heavy atom. The topological polar surface area (TPSA) is 75.7 Å². The summed E-state index contributed by atoms with van der Waals surface area (Å²) in [5.74, 6) is -0.159. The highest BCUT2D eigenvalue weighted by molar-refractivity contribution is 7.89. The van der Waals surface area contributed by atoms with Gasteiger partial charge in [-0.05, 0) is 32.0 Å². The maximum absolute atomic E-state index is 12.5. The number of amides is 1. The van der Waals surface area contributed by atoms with Gasteiger partial charge in [0.05, 0.1) is 13.2 Å². The van der Waals surface area contributed by atoms with Crippen molar-refractivity contribution < 1.29 is 17.9 Å². The molecule has 0 saturated carbocycles. The zero-order valence-corrected chi connectivity index (χ0v) is 13.8. The second kappa shape index (κ2) is 7.63. The number of ether oxygens (including phenoxy) is 1. The molecule has 1 amide bonds. The standard InChI is InChI=1S/C13H19ClN2O4S/c1-4-15-13(17)9-16(3)21(18,19)12-8-10(14)6-7-11(12)20-5-2/h6-8H,4-5,9H2,1-3H3,(H,15,17). The molecule has 0 unspecified atom stereocenters. The average molecular weight is 335 g/mol. The molecule has 1 aromatic carbocycles. The van der Waals surface area contributed by atoms with Crippen molar-refractivity contribution in [2.75, 3.05) is 26.7 Å². The summed E-state index contributed by atoms with van der Waals surface area (Å²) in [4.78, 5) is 11.5. The monoisotopic (exact) mass is 334 g/mol. The van der Waals surface area contributed by atoms with Gasteiger partial charge in [-0.15, -0.1) is 0 Å². The van der Waals surface area contributed by atoms with Gasteiger partial charge in [0.2, 0.25) is 15.9 Å². The van der Waals surface area contributed by atoms with Crippen LogP contribution in [0.4, 0.5) is 0 Å². The van der Waals surface area contributed by atoms with Crippen LogP contribution in [0.3, 0.4) is 0 Å². The molecule has 0 aliphatic rings. The van der Waals surface area contributed by atoms with Gasteiger partial charge in [0.25, 0.3) is 0 Å². The predicted molar refractivity (Wildman–Crippen MR) is 81.1 cm³/mol. The molecule has 0 aromatic heterocycles. The maximum atomic E-state index is 12.5. The summed E-state index contributed by atoms with van der Waals surface area (Å²) in [6, 6.07) is 4.37. The minimum Gasteiger partial charge on any atom is -0.492 e. The molecule has 6 nitrogen and oxygen atoms in total. The molecular weight excluding hydrogens is 316 g/mol. The minimum atomic E-state index is -3.86. The summed E-state index contributed by atoms with van der Waals surface area (Å²) in [7, 11) is -2.53. The van der Waals surface area contributed by atoms with E-state index < -0.39 is 10.0 Å². The van der Waals surface area contributed by atoms with Crippen molar-refractivity contribution in [2.45, 2.75) is 18.7 Å². The van der Waals surface area contributed by atoms with E-state index in [2.05, 4.69) is 5.32 Å². The van der Waals surface area contributed by atoms with Crippen molar-refractivity contribution in [2.24, 2.45) is 0 Å². The van der Waals surface area contributed by atoms with Gasteiger partial charge in [-0.25, -0.2) is 8.42 Å². The summed E-state index contributed by atoms with van der Waals surface area (Å²) < 4.78 is 31.3. The number of carbonyl (C=O) groups excluding carboxylic acids is 1. The molecule has 0 heterocycles. The van der Waals surface area contributed by atoms with Gasteiger partial charge < -0.3 is 10.1 Å². The van der Waals surface area contributed by atoms with E-state index in [1.165, 1.54) is 19.2 Å². The lowest BCUT2D eigenvalue weighted by molar-refractivity contribution is -0.121.